The summed E-state index contributed by atoms with van der Waals surface area (Å²) in [5, 5.41) is 7.01. The lowest BCUT2D eigenvalue weighted by molar-refractivity contribution is 1.08. The second-order valence-corrected chi connectivity index (χ2v) is 15.4. The van der Waals surface area contributed by atoms with Crippen LogP contribution in [0, 0.1) is 0 Å². The average molecular weight is 744 g/mol. The van der Waals surface area contributed by atoms with Crippen LogP contribution in [0.2, 0.25) is 0 Å². The molecule has 2 aromatic heterocycles. The molecule has 0 aliphatic carbocycles. The Morgan fingerprint density at radius 2 is 0.789 bits per heavy atom. The van der Waals surface area contributed by atoms with Crippen molar-refractivity contribution in [2.24, 2.45) is 0 Å². The van der Waals surface area contributed by atoms with Crippen LogP contribution >= 0.6 is 11.3 Å². The van der Waals surface area contributed by atoms with Gasteiger partial charge in [-0.1, -0.05) is 188 Å². The molecular weight excluding hydrogens is 711 g/mol. The fourth-order valence-corrected chi connectivity index (χ4v) is 9.43. The summed E-state index contributed by atoms with van der Waals surface area (Å²) >= 11 is 1.83. The Labute approximate surface area is 334 Å². The van der Waals surface area contributed by atoms with Crippen molar-refractivity contribution in [3.63, 3.8) is 0 Å². The lowest BCUT2D eigenvalue weighted by Gasteiger charge is -2.13. The third kappa shape index (κ3) is 5.86. The van der Waals surface area contributed by atoms with E-state index in [1.54, 1.807) is 0 Å². The minimum absolute atomic E-state index is 0.641. The average Bonchev–Trinajstić information content (AvgIpc) is 3.69. The fraction of sp³-hybridized carbons (Fsp3) is 0. The van der Waals surface area contributed by atoms with Crippen LogP contribution in [0.4, 0.5) is 0 Å². The molecule has 0 atom stereocenters. The van der Waals surface area contributed by atoms with Crippen LogP contribution in [0.5, 0.6) is 0 Å². The van der Waals surface area contributed by atoms with Crippen LogP contribution < -0.4 is 0 Å². The lowest BCUT2D eigenvalue weighted by Crippen LogP contribution is -2.01. The van der Waals surface area contributed by atoms with E-state index in [9.17, 15) is 0 Å². The Kier molecular flexibility index (Phi) is 8.01. The summed E-state index contributed by atoms with van der Waals surface area (Å²) in [5.74, 6) is 1.95. The molecule has 0 saturated carbocycles. The molecule has 0 N–H and O–H groups in total. The molecule has 3 nitrogen and oxygen atoms in total. The van der Waals surface area contributed by atoms with Gasteiger partial charge in [0.05, 0.1) is 0 Å². The Hall–Kier alpha value is -7.27. The van der Waals surface area contributed by atoms with Crippen molar-refractivity contribution in [3.8, 4) is 67.5 Å². The molecule has 11 aromatic rings. The highest BCUT2D eigenvalue weighted by molar-refractivity contribution is 7.26. The predicted octanol–water partition coefficient (Wildman–Crippen LogP) is 14.5. The van der Waals surface area contributed by atoms with Crippen LogP contribution in [-0.2, 0) is 0 Å². The van der Waals surface area contributed by atoms with Gasteiger partial charge in [-0.2, -0.15) is 0 Å². The Morgan fingerprint density at radius 3 is 1.49 bits per heavy atom. The highest BCUT2D eigenvalue weighted by Crippen LogP contribution is 2.44. The number of hydrogen-bond donors (Lipinski definition) is 0. The summed E-state index contributed by atoms with van der Waals surface area (Å²) in [7, 11) is 0. The van der Waals surface area contributed by atoms with Gasteiger partial charge in [-0.25, -0.2) is 15.0 Å². The first-order valence-corrected chi connectivity index (χ1v) is 20.0. The molecule has 2 heterocycles. The second-order valence-electron chi connectivity index (χ2n) is 14.3. The maximum Gasteiger partial charge on any atom is 0.164 e. The monoisotopic (exact) mass is 743 g/mol. The first-order valence-electron chi connectivity index (χ1n) is 19.2. The highest BCUT2D eigenvalue weighted by atomic mass is 32.1. The molecule has 0 unspecified atom stereocenters. The zero-order chi connectivity index (χ0) is 37.7. The Balaban J connectivity index is 1.11. The maximum absolute atomic E-state index is 5.36. The van der Waals surface area contributed by atoms with Crippen molar-refractivity contribution in [3.05, 3.63) is 200 Å². The minimum Gasteiger partial charge on any atom is -0.208 e. The van der Waals surface area contributed by atoms with Gasteiger partial charge in [-0.3, -0.25) is 0 Å². The SMILES string of the molecule is c1ccc(-c2ccc(-c3nc(-c4cc5ccccc5c5ccccc45)nc(-c4cccc5sc6c(-c7ccc(-c8ccccc8)cc7)cccc6c45)n3)cc2)cc1. The largest absolute Gasteiger partial charge is 0.208 e. The molecule has 11 rings (SSSR count). The molecule has 0 spiro atoms. The lowest BCUT2D eigenvalue weighted by atomic mass is 9.96. The number of fused-ring (bicyclic) bond motifs is 6. The van der Waals surface area contributed by atoms with Crippen molar-refractivity contribution < 1.29 is 0 Å². The summed E-state index contributed by atoms with van der Waals surface area (Å²) in [6, 6.07) is 71.0. The zero-order valence-corrected chi connectivity index (χ0v) is 31.6. The first kappa shape index (κ1) is 33.1. The van der Waals surface area contributed by atoms with Gasteiger partial charge < -0.3 is 0 Å². The predicted molar refractivity (Wildman–Crippen MR) is 240 cm³/mol. The summed E-state index contributed by atoms with van der Waals surface area (Å²) in [5.41, 5.74) is 10.1. The number of nitrogens with zero attached hydrogens (tertiary/aromatic N) is 3. The Morgan fingerprint density at radius 1 is 0.298 bits per heavy atom. The number of benzene rings is 9. The van der Waals surface area contributed by atoms with Gasteiger partial charge in [0.2, 0.25) is 0 Å². The van der Waals surface area contributed by atoms with E-state index in [2.05, 4.69) is 194 Å². The van der Waals surface area contributed by atoms with Crippen molar-refractivity contribution in [1.29, 1.82) is 0 Å². The van der Waals surface area contributed by atoms with E-state index < -0.39 is 0 Å². The molecule has 0 fully saturated rings. The molecule has 0 saturated heterocycles. The highest BCUT2D eigenvalue weighted by Gasteiger charge is 2.20. The van der Waals surface area contributed by atoms with Crippen LogP contribution in [0.25, 0.3) is 109 Å². The van der Waals surface area contributed by atoms with E-state index in [0.717, 1.165) is 38.4 Å². The number of hydrogen-bond acceptors (Lipinski definition) is 4. The maximum atomic E-state index is 5.36. The van der Waals surface area contributed by atoms with Gasteiger partial charge in [0, 0.05) is 36.9 Å². The van der Waals surface area contributed by atoms with Crippen molar-refractivity contribution in [2.45, 2.75) is 0 Å². The van der Waals surface area contributed by atoms with E-state index in [1.165, 1.54) is 53.4 Å². The van der Waals surface area contributed by atoms with Gasteiger partial charge in [-0.15, -0.1) is 11.3 Å². The number of aromatic nitrogens is 3. The molecular formula is C53H33N3S. The number of thiophene rings is 1. The van der Waals surface area contributed by atoms with Crippen LogP contribution in [0.1, 0.15) is 0 Å². The molecule has 266 valence electrons. The van der Waals surface area contributed by atoms with Gasteiger partial charge in [0.1, 0.15) is 0 Å². The van der Waals surface area contributed by atoms with Crippen molar-refractivity contribution in [2.75, 3.05) is 0 Å². The second kappa shape index (κ2) is 13.8. The number of rotatable bonds is 6. The summed E-state index contributed by atoms with van der Waals surface area (Å²) in [4.78, 5) is 15.9. The molecule has 0 radical (unpaired) electrons. The topological polar surface area (TPSA) is 38.7 Å². The normalized spacial score (nSPS) is 11.5. The smallest absolute Gasteiger partial charge is 0.164 e. The Bertz CT molecular complexity index is 3260. The molecule has 9 aromatic carbocycles. The standard InChI is InChI=1S/C53H33N3S/c1-3-13-34(14-4-1)36-25-29-38(30-26-36)42-21-11-22-45-49-46(23-12-24-48(49)57-50(42)45)52-54-51(39-31-27-37(28-32-39)35-15-5-2-6-16-35)55-53(56-52)47-33-40-17-7-8-18-41(40)43-19-9-10-20-44(43)47/h1-33H. The quantitative estimate of drug-likeness (QED) is 0.159. The molecule has 57 heavy (non-hydrogen) atoms. The molecule has 0 amide bonds. The van der Waals surface area contributed by atoms with Crippen LogP contribution in [0.3, 0.4) is 0 Å². The third-order valence-electron chi connectivity index (χ3n) is 11.0. The van der Waals surface area contributed by atoms with Gasteiger partial charge >= 0.3 is 0 Å². The van der Waals surface area contributed by atoms with Gasteiger partial charge in [-0.05, 0) is 67.1 Å². The van der Waals surface area contributed by atoms with E-state index in [-0.39, 0.29) is 0 Å². The summed E-state index contributed by atoms with van der Waals surface area (Å²) < 4.78 is 2.45. The van der Waals surface area contributed by atoms with Crippen molar-refractivity contribution >= 4 is 53.1 Å². The molecule has 0 aliphatic heterocycles. The molecule has 0 aliphatic rings. The van der Waals surface area contributed by atoms with Crippen LogP contribution in [0.15, 0.2) is 200 Å². The zero-order valence-electron chi connectivity index (χ0n) is 30.8. The minimum atomic E-state index is 0.641. The summed E-state index contributed by atoms with van der Waals surface area (Å²) in [6.07, 6.45) is 0. The summed E-state index contributed by atoms with van der Waals surface area (Å²) in [6.45, 7) is 0. The van der Waals surface area contributed by atoms with Gasteiger partial charge in [0.15, 0.2) is 17.5 Å². The third-order valence-corrected chi connectivity index (χ3v) is 12.2. The van der Waals surface area contributed by atoms with E-state index in [0.29, 0.717) is 17.5 Å². The van der Waals surface area contributed by atoms with Crippen molar-refractivity contribution in [1.82, 2.24) is 15.0 Å². The van der Waals surface area contributed by atoms with Gasteiger partial charge in [0.25, 0.3) is 0 Å². The van der Waals surface area contributed by atoms with E-state index >= 15 is 0 Å². The molecule has 4 heteroatoms. The van der Waals surface area contributed by atoms with Crippen LogP contribution in [-0.4, -0.2) is 15.0 Å². The van der Waals surface area contributed by atoms with E-state index in [4.69, 9.17) is 15.0 Å². The van der Waals surface area contributed by atoms with E-state index in [1.807, 2.05) is 17.4 Å². The molecule has 0 bridgehead atoms. The first-order chi connectivity index (χ1) is 28.2. The fourth-order valence-electron chi connectivity index (χ4n) is 8.16.